The number of pyridine rings is 1. The summed E-state index contributed by atoms with van der Waals surface area (Å²) in [6.45, 7) is 2.92. The largest absolute Gasteiger partial charge is 0.495 e. The molecule has 2 rings (SSSR count). The summed E-state index contributed by atoms with van der Waals surface area (Å²) in [5, 5.41) is 3.44. The van der Waals surface area contributed by atoms with Crippen LogP contribution in [0.3, 0.4) is 0 Å². The number of halogens is 2. The number of methoxy groups -OCH3 is 1. The van der Waals surface area contributed by atoms with Gasteiger partial charge in [-0.25, -0.2) is 4.39 Å². The van der Waals surface area contributed by atoms with Crippen molar-refractivity contribution in [1.29, 1.82) is 0 Å². The first-order valence-electron chi connectivity index (χ1n) is 6.84. The second kappa shape index (κ2) is 7.52. The van der Waals surface area contributed by atoms with Crippen LogP contribution in [-0.2, 0) is 0 Å². The number of ether oxygens (including phenoxy) is 1. The van der Waals surface area contributed by atoms with E-state index in [0.29, 0.717) is 10.2 Å². The average Bonchev–Trinajstić information content (AvgIpc) is 2.49. The zero-order valence-electron chi connectivity index (χ0n) is 12.1. The first-order valence-corrected chi connectivity index (χ1v) is 7.64. The fourth-order valence-electron chi connectivity index (χ4n) is 2.17. The minimum atomic E-state index is -0.271. The molecule has 1 N–H and O–H groups in total. The lowest BCUT2D eigenvalue weighted by atomic mass is 10.0. The number of hydrogen-bond donors (Lipinski definition) is 1. The quantitative estimate of drug-likeness (QED) is 0.850. The van der Waals surface area contributed by atoms with Crippen molar-refractivity contribution in [3.8, 4) is 5.75 Å². The van der Waals surface area contributed by atoms with Crippen molar-refractivity contribution < 1.29 is 9.13 Å². The SMILES string of the molecule is CCCNC(c1ccc(F)cc1Br)c1ncccc1OC. The lowest BCUT2D eigenvalue weighted by Gasteiger charge is -2.21. The molecule has 0 aliphatic heterocycles. The van der Waals surface area contributed by atoms with Crippen LogP contribution >= 0.6 is 15.9 Å². The lowest BCUT2D eigenvalue weighted by Crippen LogP contribution is -2.25. The van der Waals surface area contributed by atoms with Gasteiger partial charge in [0.25, 0.3) is 0 Å². The van der Waals surface area contributed by atoms with Gasteiger partial charge in [-0.1, -0.05) is 28.9 Å². The maximum Gasteiger partial charge on any atom is 0.142 e. The monoisotopic (exact) mass is 352 g/mol. The van der Waals surface area contributed by atoms with Crippen LogP contribution in [0.4, 0.5) is 4.39 Å². The van der Waals surface area contributed by atoms with E-state index in [1.54, 1.807) is 19.4 Å². The summed E-state index contributed by atoms with van der Waals surface area (Å²) in [6.07, 6.45) is 2.72. The molecule has 1 aromatic heterocycles. The molecule has 0 saturated carbocycles. The molecule has 0 radical (unpaired) electrons. The second-order valence-corrected chi connectivity index (χ2v) is 5.50. The number of benzene rings is 1. The molecule has 0 spiro atoms. The van der Waals surface area contributed by atoms with Gasteiger partial charge in [0, 0.05) is 10.7 Å². The van der Waals surface area contributed by atoms with Crippen molar-refractivity contribution in [3.63, 3.8) is 0 Å². The van der Waals surface area contributed by atoms with Crippen molar-refractivity contribution in [3.05, 3.63) is 58.1 Å². The molecule has 2 aromatic rings. The highest BCUT2D eigenvalue weighted by Gasteiger charge is 2.21. The molecule has 0 amide bonds. The van der Waals surface area contributed by atoms with E-state index in [4.69, 9.17) is 4.74 Å². The summed E-state index contributed by atoms with van der Waals surface area (Å²) < 4.78 is 19.4. The van der Waals surface area contributed by atoms with Crippen molar-refractivity contribution in [2.45, 2.75) is 19.4 Å². The van der Waals surface area contributed by atoms with Gasteiger partial charge in [-0.3, -0.25) is 4.98 Å². The molecule has 0 aliphatic carbocycles. The van der Waals surface area contributed by atoms with Gasteiger partial charge >= 0.3 is 0 Å². The number of nitrogens with one attached hydrogen (secondary N) is 1. The first kappa shape index (κ1) is 15.9. The van der Waals surface area contributed by atoms with E-state index in [9.17, 15) is 4.39 Å². The Morgan fingerprint density at radius 3 is 2.86 bits per heavy atom. The summed E-state index contributed by atoms with van der Waals surface area (Å²) in [5.41, 5.74) is 1.72. The van der Waals surface area contributed by atoms with Crippen molar-refractivity contribution in [2.24, 2.45) is 0 Å². The Kier molecular flexibility index (Phi) is 5.70. The van der Waals surface area contributed by atoms with Gasteiger partial charge < -0.3 is 10.1 Å². The predicted octanol–water partition coefficient (Wildman–Crippen LogP) is 4.08. The smallest absolute Gasteiger partial charge is 0.142 e. The highest BCUT2D eigenvalue weighted by atomic mass is 79.9. The maximum atomic E-state index is 13.3. The van der Waals surface area contributed by atoms with Crippen LogP contribution < -0.4 is 10.1 Å². The van der Waals surface area contributed by atoms with Gasteiger partial charge in [-0.15, -0.1) is 0 Å². The molecule has 1 atom stereocenters. The van der Waals surface area contributed by atoms with Crippen LogP contribution in [-0.4, -0.2) is 18.6 Å². The zero-order valence-corrected chi connectivity index (χ0v) is 13.7. The van der Waals surface area contributed by atoms with Crippen LogP contribution in [0.5, 0.6) is 5.75 Å². The molecular formula is C16H18BrFN2O. The summed E-state index contributed by atoms with van der Waals surface area (Å²) in [4.78, 5) is 4.44. The van der Waals surface area contributed by atoms with E-state index in [1.165, 1.54) is 12.1 Å². The third-order valence-electron chi connectivity index (χ3n) is 3.17. The third-order valence-corrected chi connectivity index (χ3v) is 3.85. The molecule has 5 heteroatoms. The second-order valence-electron chi connectivity index (χ2n) is 4.64. The average molecular weight is 353 g/mol. The van der Waals surface area contributed by atoms with Crippen molar-refractivity contribution in [1.82, 2.24) is 10.3 Å². The van der Waals surface area contributed by atoms with E-state index < -0.39 is 0 Å². The van der Waals surface area contributed by atoms with E-state index in [1.807, 2.05) is 12.1 Å². The van der Waals surface area contributed by atoms with Gasteiger partial charge in [0.15, 0.2) is 0 Å². The number of rotatable bonds is 6. The van der Waals surface area contributed by atoms with Crippen LogP contribution in [0.1, 0.15) is 30.6 Å². The molecule has 0 aliphatic rings. The van der Waals surface area contributed by atoms with Crippen molar-refractivity contribution >= 4 is 15.9 Å². The van der Waals surface area contributed by atoms with Gasteiger partial charge in [0.05, 0.1) is 13.2 Å². The minimum absolute atomic E-state index is 0.156. The lowest BCUT2D eigenvalue weighted by molar-refractivity contribution is 0.399. The molecule has 1 aromatic carbocycles. The van der Waals surface area contributed by atoms with Gasteiger partial charge in [-0.05, 0) is 42.8 Å². The molecule has 21 heavy (non-hydrogen) atoms. The van der Waals surface area contributed by atoms with Crippen LogP contribution in [0.2, 0.25) is 0 Å². The first-order chi connectivity index (χ1) is 10.2. The molecular weight excluding hydrogens is 335 g/mol. The molecule has 1 heterocycles. The third kappa shape index (κ3) is 3.80. The summed E-state index contributed by atoms with van der Waals surface area (Å²) in [7, 11) is 1.62. The number of nitrogens with zero attached hydrogens (tertiary/aromatic N) is 1. The molecule has 1 unspecified atom stereocenters. The van der Waals surface area contributed by atoms with Crippen molar-refractivity contribution in [2.75, 3.05) is 13.7 Å². The molecule has 0 saturated heterocycles. The number of aromatic nitrogens is 1. The van der Waals surface area contributed by atoms with E-state index in [0.717, 1.165) is 24.2 Å². The van der Waals surface area contributed by atoms with Gasteiger partial charge in [-0.2, -0.15) is 0 Å². The van der Waals surface area contributed by atoms with Crippen LogP contribution in [0.15, 0.2) is 41.0 Å². The summed E-state index contributed by atoms with van der Waals surface area (Å²) >= 11 is 3.43. The Bertz CT molecular complexity index is 607. The van der Waals surface area contributed by atoms with E-state index in [-0.39, 0.29) is 11.9 Å². The summed E-state index contributed by atoms with van der Waals surface area (Å²) in [5.74, 6) is 0.440. The van der Waals surface area contributed by atoms with Crippen LogP contribution in [0.25, 0.3) is 0 Å². The fraction of sp³-hybridized carbons (Fsp3) is 0.312. The Labute approximate surface area is 132 Å². The standard InChI is InChI=1S/C16H18BrFN2O/c1-3-8-19-15(12-7-6-11(18)10-13(12)17)16-14(21-2)5-4-9-20-16/h4-7,9-10,15,19H,3,8H2,1-2H3. The zero-order chi connectivity index (χ0) is 15.2. The Morgan fingerprint density at radius 1 is 1.38 bits per heavy atom. The molecule has 0 bridgehead atoms. The van der Waals surface area contributed by atoms with E-state index in [2.05, 4.69) is 33.2 Å². The molecule has 0 fully saturated rings. The highest BCUT2D eigenvalue weighted by Crippen LogP contribution is 2.32. The normalized spacial score (nSPS) is 12.2. The highest BCUT2D eigenvalue weighted by molar-refractivity contribution is 9.10. The maximum absolute atomic E-state index is 13.3. The molecule has 3 nitrogen and oxygen atoms in total. The minimum Gasteiger partial charge on any atom is -0.495 e. The van der Waals surface area contributed by atoms with Gasteiger partial charge in [0.2, 0.25) is 0 Å². The molecule has 112 valence electrons. The van der Waals surface area contributed by atoms with E-state index >= 15 is 0 Å². The van der Waals surface area contributed by atoms with Gasteiger partial charge in [0.1, 0.15) is 17.3 Å². The fourth-order valence-corrected chi connectivity index (χ4v) is 2.75. The van der Waals surface area contributed by atoms with Crippen LogP contribution in [0, 0.1) is 5.82 Å². The number of hydrogen-bond acceptors (Lipinski definition) is 3. The Balaban J connectivity index is 2.47. The Morgan fingerprint density at radius 2 is 2.19 bits per heavy atom. The topological polar surface area (TPSA) is 34.2 Å². The Hall–Kier alpha value is -1.46. The predicted molar refractivity (Wildman–Crippen MR) is 85.0 cm³/mol. The summed E-state index contributed by atoms with van der Waals surface area (Å²) in [6, 6.07) is 8.23.